The van der Waals surface area contributed by atoms with E-state index in [-0.39, 0.29) is 12.4 Å². The number of hydrogen-bond donors (Lipinski definition) is 2. The third-order valence-electron chi connectivity index (χ3n) is 2.33. The van der Waals surface area contributed by atoms with Gasteiger partial charge in [0.15, 0.2) is 11.5 Å². The predicted molar refractivity (Wildman–Crippen MR) is 56.7 cm³/mol. The number of rotatable bonds is 4. The first kappa shape index (κ1) is 11.7. The number of benzene rings is 1. The van der Waals surface area contributed by atoms with Crippen LogP contribution >= 0.6 is 0 Å². The largest absolute Gasteiger partial charge is 0.507 e. The number of aliphatic hydroxyl groups is 1. The molecule has 1 rings (SSSR count). The highest BCUT2D eigenvalue weighted by atomic mass is 16.5. The molecule has 0 atom stereocenters. The lowest BCUT2D eigenvalue weighted by Crippen LogP contribution is -1.98. The number of phenols is 1. The molecule has 0 radical (unpaired) electrons. The lowest BCUT2D eigenvalue weighted by atomic mass is 10.1. The predicted octanol–water partition coefficient (Wildman–Crippen LogP) is 1.25. The monoisotopic (exact) mass is 212 g/mol. The maximum Gasteiger partial charge on any atom is 0.167 e. The second-order valence-corrected chi connectivity index (χ2v) is 3.22. The summed E-state index contributed by atoms with van der Waals surface area (Å²) in [6.07, 6.45) is 0.396. The van der Waals surface area contributed by atoms with Crippen molar-refractivity contribution in [3.8, 4) is 17.2 Å². The average Bonchev–Trinajstić information content (AvgIpc) is 2.24. The van der Waals surface area contributed by atoms with Crippen LogP contribution in [0.5, 0.6) is 17.2 Å². The molecule has 15 heavy (non-hydrogen) atoms. The normalized spacial score (nSPS) is 10.1. The van der Waals surface area contributed by atoms with Gasteiger partial charge in [0, 0.05) is 17.7 Å². The summed E-state index contributed by atoms with van der Waals surface area (Å²) in [5.41, 5.74) is 1.29. The highest BCUT2D eigenvalue weighted by Crippen LogP contribution is 2.39. The van der Waals surface area contributed by atoms with Crippen LogP contribution in [-0.2, 0) is 6.42 Å². The van der Waals surface area contributed by atoms with E-state index < -0.39 is 0 Å². The molecule has 0 amide bonds. The standard InChI is InChI=1S/C11H16O4/c1-7-10(13)8(4-5-12)6-9(14-2)11(7)15-3/h6,12-13H,4-5H2,1-3H3. The van der Waals surface area contributed by atoms with Gasteiger partial charge in [0.1, 0.15) is 5.75 Å². The second-order valence-electron chi connectivity index (χ2n) is 3.22. The first-order valence-corrected chi connectivity index (χ1v) is 4.70. The van der Waals surface area contributed by atoms with Crippen LogP contribution in [0.3, 0.4) is 0 Å². The van der Waals surface area contributed by atoms with E-state index in [0.717, 1.165) is 0 Å². The molecule has 84 valence electrons. The molecule has 1 aromatic rings. The Kier molecular flexibility index (Phi) is 3.80. The lowest BCUT2D eigenvalue weighted by molar-refractivity contribution is 0.296. The van der Waals surface area contributed by atoms with E-state index in [9.17, 15) is 5.11 Å². The Balaban J connectivity index is 3.29. The topological polar surface area (TPSA) is 58.9 Å². The van der Waals surface area contributed by atoms with Crippen molar-refractivity contribution >= 4 is 0 Å². The van der Waals surface area contributed by atoms with Crippen LogP contribution in [0.1, 0.15) is 11.1 Å². The minimum absolute atomic E-state index is 0.0114. The Morgan fingerprint density at radius 1 is 1.27 bits per heavy atom. The molecule has 0 aliphatic heterocycles. The average molecular weight is 212 g/mol. The van der Waals surface area contributed by atoms with Gasteiger partial charge in [0.25, 0.3) is 0 Å². The van der Waals surface area contributed by atoms with Gasteiger partial charge in [-0.3, -0.25) is 0 Å². The Bertz CT molecular complexity index is 347. The van der Waals surface area contributed by atoms with E-state index in [1.807, 2.05) is 0 Å². The molecule has 0 saturated carbocycles. The minimum atomic E-state index is -0.0114. The quantitative estimate of drug-likeness (QED) is 0.788. The molecule has 0 aliphatic rings. The maximum absolute atomic E-state index is 9.81. The van der Waals surface area contributed by atoms with E-state index >= 15 is 0 Å². The molecule has 0 spiro atoms. The molecule has 0 heterocycles. The SMILES string of the molecule is COc1cc(CCO)c(O)c(C)c1OC. The summed E-state index contributed by atoms with van der Waals surface area (Å²) in [6.45, 7) is 1.74. The van der Waals surface area contributed by atoms with Crippen LogP contribution in [0, 0.1) is 6.92 Å². The fraction of sp³-hybridized carbons (Fsp3) is 0.455. The van der Waals surface area contributed by atoms with Gasteiger partial charge in [0.05, 0.1) is 14.2 Å². The van der Waals surface area contributed by atoms with Crippen LogP contribution in [-0.4, -0.2) is 31.0 Å². The van der Waals surface area contributed by atoms with Crippen molar-refractivity contribution in [3.63, 3.8) is 0 Å². The van der Waals surface area contributed by atoms with Crippen molar-refractivity contribution in [1.29, 1.82) is 0 Å². The number of ether oxygens (including phenoxy) is 2. The summed E-state index contributed by atoms with van der Waals surface area (Å²) in [7, 11) is 3.06. The maximum atomic E-state index is 9.81. The van der Waals surface area contributed by atoms with Crippen molar-refractivity contribution < 1.29 is 19.7 Å². The number of aromatic hydroxyl groups is 1. The molecule has 4 heteroatoms. The lowest BCUT2D eigenvalue weighted by Gasteiger charge is -2.14. The van der Waals surface area contributed by atoms with E-state index in [2.05, 4.69) is 0 Å². The number of methoxy groups -OCH3 is 2. The van der Waals surface area contributed by atoms with Crippen LogP contribution in [0.2, 0.25) is 0 Å². The Morgan fingerprint density at radius 3 is 2.40 bits per heavy atom. The Morgan fingerprint density at radius 2 is 1.93 bits per heavy atom. The summed E-state index contributed by atoms with van der Waals surface area (Å²) in [6, 6.07) is 1.68. The van der Waals surface area contributed by atoms with Gasteiger partial charge in [-0.2, -0.15) is 0 Å². The van der Waals surface area contributed by atoms with Crippen molar-refractivity contribution in [1.82, 2.24) is 0 Å². The second kappa shape index (κ2) is 4.89. The van der Waals surface area contributed by atoms with Gasteiger partial charge in [-0.15, -0.1) is 0 Å². The molecule has 0 fully saturated rings. The smallest absolute Gasteiger partial charge is 0.167 e. The fourth-order valence-corrected chi connectivity index (χ4v) is 1.54. The molecule has 1 aromatic carbocycles. The summed E-state index contributed by atoms with van der Waals surface area (Å²) >= 11 is 0. The molecule has 0 unspecified atom stereocenters. The first-order chi connectivity index (χ1) is 7.15. The van der Waals surface area contributed by atoms with E-state index in [1.54, 1.807) is 13.0 Å². The molecule has 4 nitrogen and oxygen atoms in total. The number of aliphatic hydroxyl groups excluding tert-OH is 1. The van der Waals surface area contributed by atoms with Gasteiger partial charge in [0.2, 0.25) is 0 Å². The van der Waals surface area contributed by atoms with Crippen molar-refractivity contribution in [3.05, 3.63) is 17.2 Å². The van der Waals surface area contributed by atoms with Crippen LogP contribution in [0.4, 0.5) is 0 Å². The zero-order chi connectivity index (χ0) is 11.4. The fourth-order valence-electron chi connectivity index (χ4n) is 1.54. The van der Waals surface area contributed by atoms with E-state index in [0.29, 0.717) is 29.0 Å². The highest BCUT2D eigenvalue weighted by Gasteiger charge is 2.15. The van der Waals surface area contributed by atoms with Crippen LogP contribution in [0.15, 0.2) is 6.07 Å². The van der Waals surface area contributed by atoms with Gasteiger partial charge >= 0.3 is 0 Å². The first-order valence-electron chi connectivity index (χ1n) is 4.70. The summed E-state index contributed by atoms with van der Waals surface area (Å²) < 4.78 is 10.3. The van der Waals surface area contributed by atoms with Gasteiger partial charge in [-0.05, 0) is 19.4 Å². The third kappa shape index (κ3) is 2.15. The van der Waals surface area contributed by atoms with Crippen molar-refractivity contribution in [2.75, 3.05) is 20.8 Å². The van der Waals surface area contributed by atoms with Gasteiger partial charge < -0.3 is 19.7 Å². The highest BCUT2D eigenvalue weighted by molar-refractivity contribution is 5.56. The summed E-state index contributed by atoms with van der Waals surface area (Å²) in [5, 5.41) is 18.7. The van der Waals surface area contributed by atoms with Crippen molar-refractivity contribution in [2.45, 2.75) is 13.3 Å². The molecule has 0 bridgehead atoms. The third-order valence-corrected chi connectivity index (χ3v) is 2.33. The summed E-state index contributed by atoms with van der Waals surface area (Å²) in [5.74, 6) is 1.25. The zero-order valence-electron chi connectivity index (χ0n) is 9.20. The number of hydrogen-bond acceptors (Lipinski definition) is 4. The molecule has 0 saturated heterocycles. The van der Waals surface area contributed by atoms with Crippen LogP contribution in [0.25, 0.3) is 0 Å². The molecular formula is C11H16O4. The van der Waals surface area contributed by atoms with Crippen LogP contribution < -0.4 is 9.47 Å². The minimum Gasteiger partial charge on any atom is -0.507 e. The number of phenolic OH excluding ortho intramolecular Hbond substituents is 1. The Hall–Kier alpha value is -1.42. The Labute approximate surface area is 89.1 Å². The molecular weight excluding hydrogens is 196 g/mol. The summed E-state index contributed by atoms with van der Waals surface area (Å²) in [4.78, 5) is 0. The van der Waals surface area contributed by atoms with Gasteiger partial charge in [-0.25, -0.2) is 0 Å². The molecule has 0 aromatic heterocycles. The van der Waals surface area contributed by atoms with E-state index in [1.165, 1.54) is 14.2 Å². The molecule has 0 aliphatic carbocycles. The van der Waals surface area contributed by atoms with E-state index in [4.69, 9.17) is 14.6 Å². The van der Waals surface area contributed by atoms with Gasteiger partial charge in [-0.1, -0.05) is 0 Å². The molecule has 2 N–H and O–H groups in total. The zero-order valence-corrected chi connectivity index (χ0v) is 9.20. The van der Waals surface area contributed by atoms with Crippen molar-refractivity contribution in [2.24, 2.45) is 0 Å².